The van der Waals surface area contributed by atoms with Gasteiger partial charge in [-0.3, -0.25) is 14.5 Å². The van der Waals surface area contributed by atoms with E-state index in [-0.39, 0.29) is 43.8 Å². The van der Waals surface area contributed by atoms with Gasteiger partial charge in [0.25, 0.3) is 0 Å². The van der Waals surface area contributed by atoms with Crippen LogP contribution in [0.2, 0.25) is 0 Å². The Morgan fingerprint density at radius 1 is 0.848 bits per heavy atom. The molecule has 0 aliphatic carbocycles. The fourth-order valence-corrected chi connectivity index (χ4v) is 6.39. The smallest absolute Gasteiger partial charge is 0.303 e. The summed E-state index contributed by atoms with van der Waals surface area (Å²) >= 11 is 0. The topological polar surface area (TPSA) is 129 Å². The third-order valence-electron chi connectivity index (χ3n) is 8.97. The third-order valence-corrected chi connectivity index (χ3v) is 8.97. The quantitative estimate of drug-likeness (QED) is 0.162. The molecule has 4 atom stereocenters. The highest BCUT2D eigenvalue weighted by Gasteiger charge is 2.35. The van der Waals surface area contributed by atoms with E-state index in [1.165, 1.54) is 0 Å². The number of nitrogens with one attached hydrogen (secondary N) is 1. The van der Waals surface area contributed by atoms with E-state index in [4.69, 9.17) is 14.6 Å². The van der Waals surface area contributed by atoms with Crippen LogP contribution in [0.1, 0.15) is 86.0 Å². The van der Waals surface area contributed by atoms with Crippen LogP contribution in [0.15, 0.2) is 72.8 Å². The second kappa shape index (κ2) is 16.8. The summed E-state index contributed by atoms with van der Waals surface area (Å²) in [6.07, 6.45) is 4.42. The minimum absolute atomic E-state index is 0.00574. The van der Waals surface area contributed by atoms with Crippen molar-refractivity contribution in [1.29, 1.82) is 0 Å². The van der Waals surface area contributed by atoms with E-state index in [0.717, 1.165) is 65.7 Å². The number of carboxylic acids is 1. The number of hydrogen-bond acceptors (Lipinski definition) is 7. The molecule has 4 N–H and O–H groups in total. The molecule has 0 unspecified atom stereocenters. The maximum Gasteiger partial charge on any atom is 0.303 e. The van der Waals surface area contributed by atoms with Gasteiger partial charge in [0, 0.05) is 44.0 Å². The molecule has 1 amide bonds. The minimum Gasteiger partial charge on any atom is -0.481 e. The fourth-order valence-electron chi connectivity index (χ4n) is 6.39. The van der Waals surface area contributed by atoms with Gasteiger partial charge in [-0.05, 0) is 72.2 Å². The van der Waals surface area contributed by atoms with Gasteiger partial charge in [0.05, 0.1) is 25.4 Å². The molecule has 46 heavy (non-hydrogen) atoms. The number of unbranched alkanes of at least 4 members (excludes halogenated alkanes) is 2. The summed E-state index contributed by atoms with van der Waals surface area (Å²) in [7, 11) is 0. The monoisotopic (exact) mass is 630 g/mol. The first-order valence-corrected chi connectivity index (χ1v) is 16.4. The van der Waals surface area contributed by atoms with Crippen molar-refractivity contribution in [1.82, 2.24) is 10.2 Å². The molecule has 3 aromatic rings. The van der Waals surface area contributed by atoms with Crippen LogP contribution in [0.5, 0.6) is 0 Å². The van der Waals surface area contributed by atoms with Crippen LogP contribution in [0.4, 0.5) is 0 Å². The van der Waals surface area contributed by atoms with Crippen LogP contribution in [-0.4, -0.2) is 63.9 Å². The summed E-state index contributed by atoms with van der Waals surface area (Å²) in [6.45, 7) is 2.24. The normalized spacial score (nSPS) is 21.7. The highest BCUT2D eigenvalue weighted by Crippen LogP contribution is 2.39. The lowest BCUT2D eigenvalue weighted by Crippen LogP contribution is -2.42. The first-order valence-electron chi connectivity index (χ1n) is 16.4. The molecule has 246 valence electrons. The van der Waals surface area contributed by atoms with Gasteiger partial charge in [-0.1, -0.05) is 67.1 Å². The van der Waals surface area contributed by atoms with Crippen molar-refractivity contribution in [3.8, 4) is 11.1 Å². The largest absolute Gasteiger partial charge is 0.481 e. The van der Waals surface area contributed by atoms with Crippen molar-refractivity contribution < 1.29 is 34.4 Å². The number of aliphatic hydroxyl groups is 2. The number of aliphatic hydroxyl groups excluding tert-OH is 2. The number of carboxylic acid groups (broad SMARTS) is 1. The number of carbonyl (C=O) groups excluding carboxylic acids is 1. The molecular weight excluding hydrogens is 584 g/mol. The van der Waals surface area contributed by atoms with Crippen LogP contribution >= 0.6 is 0 Å². The summed E-state index contributed by atoms with van der Waals surface area (Å²) in [6, 6.07) is 24.3. The number of ether oxygens (including phenoxy) is 2. The lowest BCUT2D eigenvalue weighted by Gasteiger charge is -2.38. The van der Waals surface area contributed by atoms with Crippen molar-refractivity contribution in [3.05, 3.63) is 95.1 Å². The van der Waals surface area contributed by atoms with Crippen LogP contribution < -0.4 is 5.32 Å². The maximum absolute atomic E-state index is 12.3. The molecule has 9 heteroatoms. The van der Waals surface area contributed by atoms with Gasteiger partial charge in [0.1, 0.15) is 0 Å². The van der Waals surface area contributed by atoms with Gasteiger partial charge < -0.3 is 30.1 Å². The highest BCUT2D eigenvalue weighted by atomic mass is 16.7. The number of hydrogen-bond donors (Lipinski definition) is 4. The van der Waals surface area contributed by atoms with Gasteiger partial charge >= 0.3 is 5.97 Å². The SMILES string of the molecule is O=C(O)CCCCCC(=O)NCc1cccc(-c2cccc([C@H]3O[C@@H](CN4CCC[C@H]4CO)C[C@@H](c4ccc(CO)cc4)O3)c2)c1. The minimum atomic E-state index is -0.804. The molecule has 0 spiro atoms. The zero-order valence-corrected chi connectivity index (χ0v) is 26.4. The Balaban J connectivity index is 1.26. The molecule has 0 radical (unpaired) electrons. The number of likely N-dealkylation sites (tertiary alicyclic amines) is 1. The van der Waals surface area contributed by atoms with Crippen LogP contribution in [0.3, 0.4) is 0 Å². The van der Waals surface area contributed by atoms with E-state index in [0.29, 0.717) is 32.2 Å². The van der Waals surface area contributed by atoms with Gasteiger partial charge in [0.2, 0.25) is 5.91 Å². The molecule has 0 bridgehead atoms. The average molecular weight is 631 g/mol. The lowest BCUT2D eigenvalue weighted by atomic mass is 9.98. The Labute approximate surface area is 271 Å². The van der Waals surface area contributed by atoms with E-state index >= 15 is 0 Å². The van der Waals surface area contributed by atoms with Crippen molar-refractivity contribution >= 4 is 11.9 Å². The predicted octanol–water partition coefficient (Wildman–Crippen LogP) is 5.50. The number of amides is 1. The van der Waals surface area contributed by atoms with E-state index in [2.05, 4.69) is 28.4 Å². The van der Waals surface area contributed by atoms with E-state index in [1.807, 2.05) is 54.6 Å². The van der Waals surface area contributed by atoms with Gasteiger partial charge in [-0.15, -0.1) is 0 Å². The van der Waals surface area contributed by atoms with Gasteiger partial charge in [0.15, 0.2) is 6.29 Å². The zero-order valence-electron chi connectivity index (χ0n) is 26.4. The number of rotatable bonds is 15. The van der Waals surface area contributed by atoms with E-state index < -0.39 is 12.3 Å². The standard InChI is InChI=1S/C37H46N2O7/c40-24-26-14-16-28(17-15-26)34-21-33(23-39-18-6-11-32(39)25-41)45-37(46-34)31-10-5-9-30(20-31)29-8-4-7-27(19-29)22-38-35(42)12-2-1-3-13-36(43)44/h4-5,7-10,14-17,19-20,32-34,37,40-41H,1-3,6,11-13,18,21-25H2,(H,38,42)(H,43,44)/t32-,33+,34-,37-/m0/s1. The lowest BCUT2D eigenvalue weighted by molar-refractivity contribution is -0.253. The van der Waals surface area contributed by atoms with E-state index in [1.54, 1.807) is 0 Å². The molecular formula is C37H46N2O7. The average Bonchev–Trinajstić information content (AvgIpc) is 3.54. The predicted molar refractivity (Wildman–Crippen MR) is 175 cm³/mol. The van der Waals surface area contributed by atoms with Crippen LogP contribution in [0, 0.1) is 0 Å². The Morgan fingerprint density at radius 2 is 1.61 bits per heavy atom. The first-order chi connectivity index (χ1) is 22.4. The van der Waals surface area contributed by atoms with Gasteiger partial charge in [-0.2, -0.15) is 0 Å². The molecule has 3 aromatic carbocycles. The Kier molecular flexibility index (Phi) is 12.3. The molecule has 5 rings (SSSR count). The van der Waals surface area contributed by atoms with Crippen LogP contribution in [0.25, 0.3) is 11.1 Å². The summed E-state index contributed by atoms with van der Waals surface area (Å²) in [4.78, 5) is 25.3. The molecule has 2 saturated heterocycles. The van der Waals surface area contributed by atoms with Crippen molar-refractivity contribution in [2.45, 2.75) is 89.1 Å². The summed E-state index contributed by atoms with van der Waals surface area (Å²) < 4.78 is 13.2. The Bertz CT molecular complexity index is 1430. The molecule has 2 heterocycles. The van der Waals surface area contributed by atoms with Crippen molar-refractivity contribution in [3.63, 3.8) is 0 Å². The second-order valence-electron chi connectivity index (χ2n) is 12.4. The first kappa shape index (κ1) is 33.8. The summed E-state index contributed by atoms with van der Waals surface area (Å²) in [5.41, 5.74) is 5.84. The summed E-state index contributed by atoms with van der Waals surface area (Å²) in [5.74, 6) is -0.842. The number of aliphatic carboxylic acids is 1. The van der Waals surface area contributed by atoms with E-state index in [9.17, 15) is 19.8 Å². The van der Waals surface area contributed by atoms with Gasteiger partial charge in [-0.25, -0.2) is 0 Å². The fraction of sp³-hybridized carbons (Fsp3) is 0.459. The number of carbonyl (C=O) groups is 2. The van der Waals surface area contributed by atoms with Crippen molar-refractivity contribution in [2.75, 3.05) is 19.7 Å². The molecule has 2 aliphatic heterocycles. The second-order valence-corrected chi connectivity index (χ2v) is 12.4. The summed E-state index contributed by atoms with van der Waals surface area (Å²) in [5, 5.41) is 31.2. The highest BCUT2D eigenvalue weighted by molar-refractivity contribution is 5.76. The maximum atomic E-state index is 12.3. The molecule has 2 fully saturated rings. The Hall–Kier alpha value is -3.60. The molecule has 2 aliphatic rings. The number of benzene rings is 3. The molecule has 0 saturated carbocycles. The Morgan fingerprint density at radius 3 is 2.37 bits per heavy atom. The molecule has 0 aromatic heterocycles. The zero-order chi connectivity index (χ0) is 32.3. The molecule has 9 nitrogen and oxygen atoms in total. The van der Waals surface area contributed by atoms with Crippen molar-refractivity contribution in [2.24, 2.45) is 0 Å². The third kappa shape index (κ3) is 9.47. The number of nitrogens with zero attached hydrogens (tertiary/aromatic N) is 1. The van der Waals surface area contributed by atoms with Crippen LogP contribution in [-0.2, 0) is 32.2 Å².